The van der Waals surface area contributed by atoms with Gasteiger partial charge in [-0.1, -0.05) is 11.6 Å². The standard InChI is InChI=1S/C4H4ClN3O/c5-3-2(6)4(9)8-1-7-3/h1-2H,6H2. The second-order valence-corrected chi connectivity index (χ2v) is 1.90. The summed E-state index contributed by atoms with van der Waals surface area (Å²) in [5.41, 5.74) is 5.20. The zero-order valence-electron chi connectivity index (χ0n) is 4.41. The van der Waals surface area contributed by atoms with E-state index in [0.717, 1.165) is 6.34 Å². The van der Waals surface area contributed by atoms with Gasteiger partial charge in [0.15, 0.2) is 0 Å². The van der Waals surface area contributed by atoms with E-state index in [2.05, 4.69) is 9.98 Å². The molecule has 1 atom stereocenters. The zero-order chi connectivity index (χ0) is 6.85. The van der Waals surface area contributed by atoms with Crippen molar-refractivity contribution in [2.75, 3.05) is 0 Å². The lowest BCUT2D eigenvalue weighted by Gasteiger charge is -2.05. The molecule has 0 saturated carbocycles. The molecule has 1 rings (SSSR count). The normalized spacial score (nSPS) is 26.2. The molecule has 1 aliphatic rings. The number of nitrogens with two attached hydrogens (primary N) is 1. The average Bonchev–Trinajstić information content (AvgIpc) is 1.83. The minimum absolute atomic E-state index is 0.0926. The first-order valence-corrected chi connectivity index (χ1v) is 2.65. The Hall–Kier alpha value is -0.740. The molecule has 0 aromatic carbocycles. The molecule has 9 heavy (non-hydrogen) atoms. The first-order chi connectivity index (χ1) is 4.22. The molecule has 1 amide bonds. The van der Waals surface area contributed by atoms with Gasteiger partial charge in [0, 0.05) is 0 Å². The van der Waals surface area contributed by atoms with Crippen LogP contribution in [0.5, 0.6) is 0 Å². The van der Waals surface area contributed by atoms with Crippen molar-refractivity contribution in [3.05, 3.63) is 0 Å². The summed E-state index contributed by atoms with van der Waals surface area (Å²) < 4.78 is 0. The molecule has 0 bridgehead atoms. The molecule has 0 fully saturated rings. The highest BCUT2D eigenvalue weighted by Gasteiger charge is 2.19. The Morgan fingerprint density at radius 2 is 2.44 bits per heavy atom. The van der Waals surface area contributed by atoms with Crippen LogP contribution in [0.15, 0.2) is 9.98 Å². The van der Waals surface area contributed by atoms with Crippen LogP contribution in [0.3, 0.4) is 0 Å². The number of carbonyl (C=O) groups excluding carboxylic acids is 1. The first kappa shape index (κ1) is 6.38. The Morgan fingerprint density at radius 1 is 1.78 bits per heavy atom. The predicted molar refractivity (Wildman–Crippen MR) is 34.8 cm³/mol. The molecule has 0 spiro atoms. The Balaban J connectivity index is 2.86. The molecule has 4 nitrogen and oxygen atoms in total. The van der Waals surface area contributed by atoms with Gasteiger partial charge in [0.1, 0.15) is 17.6 Å². The number of carbonyl (C=O) groups is 1. The van der Waals surface area contributed by atoms with Gasteiger partial charge in [0.05, 0.1) is 0 Å². The van der Waals surface area contributed by atoms with E-state index in [1.54, 1.807) is 0 Å². The van der Waals surface area contributed by atoms with Crippen molar-refractivity contribution in [1.82, 2.24) is 0 Å². The molecule has 0 radical (unpaired) electrons. The summed E-state index contributed by atoms with van der Waals surface area (Å²) >= 11 is 5.37. The quantitative estimate of drug-likeness (QED) is 0.500. The SMILES string of the molecule is NC1C(=O)N=CN=C1Cl. The summed E-state index contributed by atoms with van der Waals surface area (Å²) in [5.74, 6) is -0.449. The predicted octanol–water partition coefficient (Wildman–Crippen LogP) is -0.481. The molecule has 5 heteroatoms. The average molecular weight is 146 g/mol. The van der Waals surface area contributed by atoms with E-state index >= 15 is 0 Å². The lowest BCUT2D eigenvalue weighted by Crippen LogP contribution is -2.36. The largest absolute Gasteiger partial charge is 0.314 e. The molecule has 0 saturated heterocycles. The van der Waals surface area contributed by atoms with Crippen molar-refractivity contribution < 1.29 is 4.79 Å². The fourth-order valence-electron chi connectivity index (χ4n) is 0.403. The number of aliphatic imine (C=N–C) groups is 2. The van der Waals surface area contributed by atoms with Crippen molar-refractivity contribution in [3.8, 4) is 0 Å². The Morgan fingerprint density at radius 3 is 2.89 bits per heavy atom. The molecular weight excluding hydrogens is 142 g/mol. The van der Waals surface area contributed by atoms with Crippen molar-refractivity contribution in [2.45, 2.75) is 6.04 Å². The van der Waals surface area contributed by atoms with Crippen LogP contribution < -0.4 is 5.73 Å². The molecule has 1 heterocycles. The maximum Gasteiger partial charge on any atom is 0.271 e. The van der Waals surface area contributed by atoms with Crippen LogP contribution in [0.25, 0.3) is 0 Å². The minimum Gasteiger partial charge on any atom is -0.314 e. The van der Waals surface area contributed by atoms with Gasteiger partial charge in [-0.15, -0.1) is 0 Å². The van der Waals surface area contributed by atoms with Crippen LogP contribution in [0, 0.1) is 0 Å². The number of amides is 1. The monoisotopic (exact) mass is 145 g/mol. The molecule has 2 N–H and O–H groups in total. The molecule has 1 unspecified atom stereocenters. The maximum absolute atomic E-state index is 10.5. The molecule has 0 aromatic rings. The summed E-state index contributed by atoms with van der Waals surface area (Å²) in [6.07, 6.45) is 1.09. The number of rotatable bonds is 0. The Bertz CT molecular complexity index is 198. The van der Waals surface area contributed by atoms with Gasteiger partial charge < -0.3 is 5.73 Å². The molecule has 1 aliphatic heterocycles. The molecular formula is C4H4ClN3O. The smallest absolute Gasteiger partial charge is 0.271 e. The highest BCUT2D eigenvalue weighted by molar-refractivity contribution is 6.69. The first-order valence-electron chi connectivity index (χ1n) is 2.27. The summed E-state index contributed by atoms with van der Waals surface area (Å²) in [5, 5.41) is 0.0926. The van der Waals surface area contributed by atoms with Crippen molar-refractivity contribution in [3.63, 3.8) is 0 Å². The number of halogens is 1. The summed E-state index contributed by atoms with van der Waals surface area (Å²) in [4.78, 5) is 17.3. The number of nitrogens with zero attached hydrogens (tertiary/aromatic N) is 2. The minimum atomic E-state index is -0.850. The molecule has 0 aliphatic carbocycles. The van der Waals surface area contributed by atoms with E-state index in [0.29, 0.717) is 0 Å². The van der Waals surface area contributed by atoms with Gasteiger partial charge in [0.2, 0.25) is 0 Å². The third-order valence-electron chi connectivity index (χ3n) is 0.889. The second kappa shape index (κ2) is 2.24. The maximum atomic E-state index is 10.5. The van der Waals surface area contributed by atoms with Crippen molar-refractivity contribution in [2.24, 2.45) is 15.7 Å². The topological polar surface area (TPSA) is 67.8 Å². The zero-order valence-corrected chi connectivity index (χ0v) is 5.17. The fraction of sp³-hybridized carbons (Fsp3) is 0.250. The van der Waals surface area contributed by atoms with E-state index in [1.807, 2.05) is 0 Å². The van der Waals surface area contributed by atoms with Crippen LogP contribution >= 0.6 is 11.6 Å². The number of hydrogen-bond donors (Lipinski definition) is 1. The van der Waals surface area contributed by atoms with Crippen LogP contribution in [-0.4, -0.2) is 23.5 Å². The van der Waals surface area contributed by atoms with E-state index in [4.69, 9.17) is 17.3 Å². The highest BCUT2D eigenvalue weighted by Crippen LogP contribution is 1.98. The Labute approximate surface area is 56.4 Å². The van der Waals surface area contributed by atoms with Gasteiger partial charge in [-0.25, -0.2) is 4.99 Å². The van der Waals surface area contributed by atoms with Gasteiger partial charge in [-0.05, 0) is 0 Å². The summed E-state index contributed by atoms with van der Waals surface area (Å²) in [7, 11) is 0. The molecule has 0 aromatic heterocycles. The summed E-state index contributed by atoms with van der Waals surface area (Å²) in [6, 6.07) is -0.850. The van der Waals surface area contributed by atoms with Gasteiger partial charge in [-0.2, -0.15) is 4.99 Å². The van der Waals surface area contributed by atoms with E-state index in [1.165, 1.54) is 0 Å². The van der Waals surface area contributed by atoms with E-state index in [9.17, 15) is 4.79 Å². The lowest BCUT2D eigenvalue weighted by atomic mass is 10.3. The number of hydrogen-bond acceptors (Lipinski definition) is 3. The lowest BCUT2D eigenvalue weighted by molar-refractivity contribution is -0.117. The van der Waals surface area contributed by atoms with Gasteiger partial charge in [-0.3, -0.25) is 4.79 Å². The van der Waals surface area contributed by atoms with Crippen LogP contribution in [0.2, 0.25) is 0 Å². The second-order valence-electron chi connectivity index (χ2n) is 1.51. The fourth-order valence-corrected chi connectivity index (χ4v) is 0.540. The highest BCUT2D eigenvalue weighted by atomic mass is 35.5. The van der Waals surface area contributed by atoms with Crippen molar-refractivity contribution >= 4 is 29.0 Å². The third kappa shape index (κ3) is 1.14. The van der Waals surface area contributed by atoms with Crippen LogP contribution in [0.4, 0.5) is 0 Å². The summed E-state index contributed by atoms with van der Waals surface area (Å²) in [6.45, 7) is 0. The van der Waals surface area contributed by atoms with E-state index in [-0.39, 0.29) is 5.17 Å². The third-order valence-corrected chi connectivity index (χ3v) is 1.22. The van der Waals surface area contributed by atoms with E-state index < -0.39 is 11.9 Å². The molecule has 48 valence electrons. The van der Waals surface area contributed by atoms with Gasteiger partial charge >= 0.3 is 0 Å². The Kier molecular flexibility index (Phi) is 1.59. The van der Waals surface area contributed by atoms with Crippen molar-refractivity contribution in [1.29, 1.82) is 0 Å². The van der Waals surface area contributed by atoms with Gasteiger partial charge in [0.25, 0.3) is 5.91 Å². The van der Waals surface area contributed by atoms with Crippen LogP contribution in [0.1, 0.15) is 0 Å². The van der Waals surface area contributed by atoms with Crippen LogP contribution in [-0.2, 0) is 4.79 Å².